The van der Waals surface area contributed by atoms with E-state index in [-0.39, 0.29) is 5.91 Å². The highest BCUT2D eigenvalue weighted by Gasteiger charge is 2.28. The molecule has 1 aliphatic rings. The van der Waals surface area contributed by atoms with Crippen molar-refractivity contribution < 1.29 is 4.79 Å². The minimum absolute atomic E-state index is 0.107. The van der Waals surface area contributed by atoms with Crippen molar-refractivity contribution in [3.8, 4) is 0 Å². The predicted molar refractivity (Wildman–Crippen MR) is 90.4 cm³/mol. The highest BCUT2D eigenvalue weighted by molar-refractivity contribution is 7.21. The molecule has 0 saturated heterocycles. The Bertz CT molecular complexity index is 645. The summed E-state index contributed by atoms with van der Waals surface area (Å²) in [6.45, 7) is 2.82. The minimum atomic E-state index is 0.107. The highest BCUT2D eigenvalue weighted by Crippen LogP contribution is 2.36. The molecule has 1 amide bonds. The van der Waals surface area contributed by atoms with Crippen LogP contribution in [0.2, 0.25) is 5.02 Å². The van der Waals surface area contributed by atoms with Gasteiger partial charge in [-0.15, -0.1) is 11.3 Å². The zero-order chi connectivity index (χ0) is 14.8. The van der Waals surface area contributed by atoms with Gasteiger partial charge < -0.3 is 4.90 Å². The first-order valence-electron chi connectivity index (χ1n) is 7.70. The molecular weight excluding hydrogens is 302 g/mol. The lowest BCUT2D eigenvalue weighted by molar-refractivity contribution is 0.0653. The van der Waals surface area contributed by atoms with E-state index < -0.39 is 0 Å². The van der Waals surface area contributed by atoms with E-state index in [0.717, 1.165) is 29.5 Å². The second-order valence-corrected chi connectivity index (χ2v) is 7.05. The smallest absolute Gasteiger partial charge is 0.265 e. The fourth-order valence-corrected chi connectivity index (χ4v) is 4.71. The number of carbonyl (C=O) groups is 1. The zero-order valence-corrected chi connectivity index (χ0v) is 13.8. The third kappa shape index (κ3) is 2.82. The van der Waals surface area contributed by atoms with Crippen molar-refractivity contribution in [3.63, 3.8) is 0 Å². The molecule has 1 heterocycles. The quantitative estimate of drug-likeness (QED) is 0.746. The number of rotatable bonds is 3. The van der Waals surface area contributed by atoms with E-state index in [1.165, 1.54) is 30.6 Å². The van der Waals surface area contributed by atoms with Gasteiger partial charge in [0.05, 0.1) is 5.02 Å². The summed E-state index contributed by atoms with van der Waals surface area (Å²) in [5.74, 6) is 0.107. The molecule has 1 aliphatic carbocycles. The monoisotopic (exact) mass is 321 g/mol. The molecule has 0 unspecified atom stereocenters. The van der Waals surface area contributed by atoms with Crippen molar-refractivity contribution in [1.29, 1.82) is 0 Å². The summed E-state index contributed by atoms with van der Waals surface area (Å²) < 4.78 is 1.09. The number of hydrogen-bond donors (Lipinski definition) is 0. The van der Waals surface area contributed by atoms with Crippen LogP contribution in [0.15, 0.2) is 24.3 Å². The van der Waals surface area contributed by atoms with Crippen LogP contribution in [0.5, 0.6) is 0 Å². The summed E-state index contributed by atoms with van der Waals surface area (Å²) in [5, 5.41) is 1.61. The van der Waals surface area contributed by atoms with Crippen LogP contribution >= 0.6 is 22.9 Å². The molecular formula is C17H20ClNOS. The van der Waals surface area contributed by atoms with Crippen LogP contribution in [0.4, 0.5) is 0 Å². The van der Waals surface area contributed by atoms with Gasteiger partial charge in [0, 0.05) is 22.7 Å². The molecule has 0 N–H and O–H groups in total. The SMILES string of the molecule is CCN(C(=O)c1sc2ccccc2c1Cl)C1CCCCC1. The normalized spacial score (nSPS) is 16.3. The maximum absolute atomic E-state index is 12.9. The molecule has 4 heteroatoms. The average Bonchev–Trinajstić information content (AvgIpc) is 2.87. The van der Waals surface area contributed by atoms with E-state index in [1.54, 1.807) is 0 Å². The van der Waals surface area contributed by atoms with E-state index >= 15 is 0 Å². The lowest BCUT2D eigenvalue weighted by Gasteiger charge is -2.33. The van der Waals surface area contributed by atoms with Gasteiger partial charge in [-0.2, -0.15) is 0 Å². The molecule has 3 rings (SSSR count). The van der Waals surface area contributed by atoms with Crippen LogP contribution < -0.4 is 0 Å². The Labute approximate surface area is 134 Å². The molecule has 2 aromatic rings. The summed E-state index contributed by atoms with van der Waals surface area (Å²) in [5.41, 5.74) is 0. The average molecular weight is 322 g/mol. The van der Waals surface area contributed by atoms with Crippen molar-refractivity contribution in [2.24, 2.45) is 0 Å². The summed E-state index contributed by atoms with van der Waals surface area (Å²) in [6, 6.07) is 8.36. The number of hydrogen-bond acceptors (Lipinski definition) is 2. The molecule has 21 heavy (non-hydrogen) atoms. The largest absolute Gasteiger partial charge is 0.335 e. The van der Waals surface area contributed by atoms with Crippen LogP contribution in [0.1, 0.15) is 48.7 Å². The summed E-state index contributed by atoms with van der Waals surface area (Å²) >= 11 is 7.97. The molecule has 1 aromatic carbocycles. The highest BCUT2D eigenvalue weighted by atomic mass is 35.5. The Hall–Kier alpha value is -1.06. The van der Waals surface area contributed by atoms with Crippen LogP contribution in [-0.4, -0.2) is 23.4 Å². The molecule has 0 atom stereocenters. The second kappa shape index (κ2) is 6.37. The van der Waals surface area contributed by atoms with Crippen molar-refractivity contribution in [2.75, 3.05) is 6.54 Å². The van der Waals surface area contributed by atoms with Gasteiger partial charge in [0.15, 0.2) is 0 Å². The zero-order valence-electron chi connectivity index (χ0n) is 12.3. The third-order valence-corrected chi connectivity index (χ3v) is 6.01. The topological polar surface area (TPSA) is 20.3 Å². The number of fused-ring (bicyclic) bond motifs is 1. The Morgan fingerprint density at radius 2 is 2.00 bits per heavy atom. The molecule has 112 valence electrons. The van der Waals surface area contributed by atoms with Gasteiger partial charge in [-0.25, -0.2) is 0 Å². The van der Waals surface area contributed by atoms with Gasteiger partial charge >= 0.3 is 0 Å². The fraction of sp³-hybridized carbons (Fsp3) is 0.471. The Balaban J connectivity index is 1.92. The minimum Gasteiger partial charge on any atom is -0.335 e. The maximum atomic E-state index is 12.9. The Morgan fingerprint density at radius 1 is 1.29 bits per heavy atom. The molecule has 1 fully saturated rings. The van der Waals surface area contributed by atoms with E-state index in [9.17, 15) is 4.79 Å². The molecule has 0 radical (unpaired) electrons. The lowest BCUT2D eigenvalue weighted by atomic mass is 9.94. The Kier molecular flexibility index (Phi) is 4.51. The van der Waals surface area contributed by atoms with E-state index in [2.05, 4.69) is 6.92 Å². The molecule has 1 saturated carbocycles. The van der Waals surface area contributed by atoms with Crippen molar-refractivity contribution >= 4 is 38.9 Å². The number of thiophene rings is 1. The predicted octanol–water partition coefficient (Wildman–Crippen LogP) is 5.35. The number of carbonyl (C=O) groups excluding carboxylic acids is 1. The molecule has 1 aromatic heterocycles. The number of amides is 1. The van der Waals surface area contributed by atoms with Crippen molar-refractivity contribution in [3.05, 3.63) is 34.2 Å². The van der Waals surface area contributed by atoms with E-state index in [1.807, 2.05) is 29.2 Å². The molecule has 0 spiro atoms. The second-order valence-electron chi connectivity index (χ2n) is 5.62. The summed E-state index contributed by atoms with van der Waals surface area (Å²) in [4.78, 5) is 15.6. The molecule has 0 bridgehead atoms. The number of benzene rings is 1. The summed E-state index contributed by atoms with van der Waals surface area (Å²) in [7, 11) is 0. The molecule has 0 aliphatic heterocycles. The van der Waals surface area contributed by atoms with Crippen LogP contribution in [-0.2, 0) is 0 Å². The van der Waals surface area contributed by atoms with Gasteiger partial charge in [-0.1, -0.05) is 49.1 Å². The Morgan fingerprint density at radius 3 is 2.67 bits per heavy atom. The van der Waals surface area contributed by atoms with Crippen LogP contribution in [0.3, 0.4) is 0 Å². The van der Waals surface area contributed by atoms with Gasteiger partial charge in [-0.05, 0) is 25.8 Å². The first-order chi connectivity index (χ1) is 10.2. The van der Waals surface area contributed by atoms with Crippen molar-refractivity contribution in [1.82, 2.24) is 4.90 Å². The van der Waals surface area contributed by atoms with Gasteiger partial charge in [0.2, 0.25) is 0 Å². The van der Waals surface area contributed by atoms with Gasteiger partial charge in [-0.3, -0.25) is 4.79 Å². The van der Waals surface area contributed by atoms with Crippen molar-refractivity contribution in [2.45, 2.75) is 45.1 Å². The van der Waals surface area contributed by atoms with E-state index in [4.69, 9.17) is 11.6 Å². The first-order valence-corrected chi connectivity index (χ1v) is 8.89. The molecule has 2 nitrogen and oxygen atoms in total. The van der Waals surface area contributed by atoms with E-state index in [0.29, 0.717) is 15.9 Å². The first kappa shape index (κ1) is 14.9. The fourth-order valence-electron chi connectivity index (χ4n) is 3.24. The maximum Gasteiger partial charge on any atom is 0.265 e. The van der Waals surface area contributed by atoms with Gasteiger partial charge in [0.25, 0.3) is 5.91 Å². The van der Waals surface area contributed by atoms with Crippen LogP contribution in [0, 0.1) is 0 Å². The number of halogens is 1. The summed E-state index contributed by atoms with van der Waals surface area (Å²) in [6.07, 6.45) is 6.01. The van der Waals surface area contributed by atoms with Gasteiger partial charge in [0.1, 0.15) is 4.88 Å². The number of nitrogens with zero attached hydrogens (tertiary/aromatic N) is 1. The third-order valence-electron chi connectivity index (χ3n) is 4.35. The van der Waals surface area contributed by atoms with Crippen LogP contribution in [0.25, 0.3) is 10.1 Å². The standard InChI is InChI=1S/C17H20ClNOS/c1-2-19(12-8-4-3-5-9-12)17(20)16-15(18)13-10-6-7-11-14(13)21-16/h6-7,10-12H,2-5,8-9H2,1H3. The lowest BCUT2D eigenvalue weighted by Crippen LogP contribution is -2.41.